The van der Waals surface area contributed by atoms with Gasteiger partial charge in [-0.15, -0.1) is 0 Å². The maximum Gasteiger partial charge on any atom is 0.287 e. The second-order valence-corrected chi connectivity index (χ2v) is 3.80. The third kappa shape index (κ3) is 4.72. The number of nitrogens with one attached hydrogen (secondary N) is 1. The van der Waals surface area contributed by atoms with E-state index in [1.165, 1.54) is 0 Å². The van der Waals surface area contributed by atoms with Crippen LogP contribution in [-0.4, -0.2) is 58.4 Å². The van der Waals surface area contributed by atoms with Crippen LogP contribution < -0.4 is 0 Å². The summed E-state index contributed by atoms with van der Waals surface area (Å²) in [6.45, 7) is -1.42. The topological polar surface area (TPSA) is 99.5 Å². The van der Waals surface area contributed by atoms with E-state index in [-0.39, 0.29) is 31.1 Å². The van der Waals surface area contributed by atoms with Gasteiger partial charge in [-0.05, 0) is 0 Å². The van der Waals surface area contributed by atoms with Gasteiger partial charge in [0.05, 0.1) is 36.5 Å². The van der Waals surface area contributed by atoms with Gasteiger partial charge >= 0.3 is 0 Å². The zero-order valence-corrected chi connectivity index (χ0v) is 9.88. The minimum Gasteiger partial charge on any atom is -0.395 e. The van der Waals surface area contributed by atoms with E-state index >= 15 is 0 Å². The molecule has 0 amide bonds. The molecule has 0 saturated carbocycles. The molecule has 0 aromatic carbocycles. The van der Waals surface area contributed by atoms with Crippen molar-refractivity contribution in [3.05, 3.63) is 28.1 Å². The Bertz CT molecular complexity index is 450. The Kier molecular flexibility index (Phi) is 5.52. The van der Waals surface area contributed by atoms with Crippen LogP contribution in [0, 0.1) is 10.1 Å². The lowest BCUT2D eigenvalue weighted by Crippen LogP contribution is -2.36. The number of Topliss-reactive ketones (excluding diaryl/α,β-unsaturated/α-hetero) is 1. The van der Waals surface area contributed by atoms with E-state index in [1.807, 2.05) is 0 Å². The molecule has 1 rings (SSSR count). The van der Waals surface area contributed by atoms with Crippen LogP contribution in [0.25, 0.3) is 0 Å². The Morgan fingerprint density at radius 3 is 2.74 bits per heavy atom. The molecule has 0 aliphatic heterocycles. The van der Waals surface area contributed by atoms with E-state index in [0.717, 1.165) is 17.2 Å². The van der Waals surface area contributed by atoms with E-state index in [4.69, 9.17) is 5.11 Å². The predicted octanol–water partition coefficient (Wildman–Crippen LogP) is 0.665. The monoisotopic (exact) mass is 277 g/mol. The smallest absolute Gasteiger partial charge is 0.287 e. The quantitative estimate of drug-likeness (QED) is 0.413. The highest BCUT2D eigenvalue weighted by Gasteiger charge is 2.19. The summed E-state index contributed by atoms with van der Waals surface area (Å²) in [5.41, 5.74) is -0.296. The SMILES string of the molecule is O=C(CN(CCO)CC(F)F)c1cc([N+](=O)[O-])c[nH]1. The lowest BCUT2D eigenvalue weighted by molar-refractivity contribution is -0.384. The summed E-state index contributed by atoms with van der Waals surface area (Å²) >= 11 is 0. The Balaban J connectivity index is 2.67. The molecule has 1 aromatic rings. The second-order valence-electron chi connectivity index (χ2n) is 3.80. The van der Waals surface area contributed by atoms with Gasteiger partial charge in [0.2, 0.25) is 0 Å². The number of alkyl halides is 2. The average molecular weight is 277 g/mol. The fourth-order valence-electron chi connectivity index (χ4n) is 1.51. The van der Waals surface area contributed by atoms with Gasteiger partial charge in [0.15, 0.2) is 5.78 Å². The standard InChI is InChI=1S/C10H13F2N3O4/c11-10(12)6-14(1-2-16)5-9(17)8-3-7(4-13-8)15(18)19/h3-4,10,13,16H,1-2,5-6H2. The number of aromatic amines is 1. The van der Waals surface area contributed by atoms with E-state index in [0.29, 0.717) is 0 Å². The Morgan fingerprint density at radius 1 is 1.58 bits per heavy atom. The van der Waals surface area contributed by atoms with E-state index in [9.17, 15) is 23.7 Å². The van der Waals surface area contributed by atoms with Gasteiger partial charge in [0.1, 0.15) is 0 Å². The zero-order valence-electron chi connectivity index (χ0n) is 9.88. The number of carbonyl (C=O) groups excluding carboxylic acids is 1. The first-order chi connectivity index (χ1) is 8.93. The fraction of sp³-hybridized carbons (Fsp3) is 0.500. The lowest BCUT2D eigenvalue weighted by atomic mass is 10.2. The number of aromatic nitrogens is 1. The third-order valence-electron chi connectivity index (χ3n) is 2.36. The molecule has 0 unspecified atom stereocenters. The molecule has 0 aliphatic carbocycles. The molecule has 1 aromatic heterocycles. The number of H-pyrrole nitrogens is 1. The Hall–Kier alpha value is -1.87. The third-order valence-corrected chi connectivity index (χ3v) is 2.36. The number of hydrogen-bond acceptors (Lipinski definition) is 5. The minimum absolute atomic E-state index is 0.0242. The molecule has 0 spiro atoms. The summed E-state index contributed by atoms with van der Waals surface area (Å²) in [6, 6.07) is 1.04. The molecule has 19 heavy (non-hydrogen) atoms. The Morgan fingerprint density at radius 2 is 2.26 bits per heavy atom. The summed E-state index contributed by atoms with van der Waals surface area (Å²) in [6.07, 6.45) is -1.58. The van der Waals surface area contributed by atoms with Gasteiger partial charge in [0, 0.05) is 12.6 Å². The van der Waals surface area contributed by atoms with Gasteiger partial charge in [-0.3, -0.25) is 19.8 Å². The van der Waals surface area contributed by atoms with Crippen molar-refractivity contribution in [1.29, 1.82) is 0 Å². The van der Waals surface area contributed by atoms with Crippen molar-refractivity contribution >= 4 is 11.5 Å². The van der Waals surface area contributed by atoms with Crippen molar-refractivity contribution in [3.8, 4) is 0 Å². The maximum atomic E-state index is 12.2. The number of ketones is 1. The van der Waals surface area contributed by atoms with E-state index < -0.39 is 23.7 Å². The highest BCUT2D eigenvalue weighted by molar-refractivity contribution is 5.96. The van der Waals surface area contributed by atoms with Gasteiger partial charge < -0.3 is 10.1 Å². The lowest BCUT2D eigenvalue weighted by Gasteiger charge is -2.19. The summed E-state index contributed by atoms with van der Waals surface area (Å²) in [5, 5.41) is 19.2. The van der Waals surface area contributed by atoms with Crippen molar-refractivity contribution in [2.45, 2.75) is 6.43 Å². The number of aliphatic hydroxyl groups excluding tert-OH is 1. The molecule has 0 aliphatic rings. The van der Waals surface area contributed by atoms with E-state index in [2.05, 4.69) is 4.98 Å². The number of halogens is 2. The van der Waals surface area contributed by atoms with E-state index in [1.54, 1.807) is 0 Å². The first-order valence-corrected chi connectivity index (χ1v) is 5.41. The van der Waals surface area contributed by atoms with Gasteiger partial charge in [-0.1, -0.05) is 0 Å². The molecule has 0 fully saturated rings. The minimum atomic E-state index is -2.63. The van der Waals surface area contributed by atoms with Crippen LogP contribution in [0.1, 0.15) is 10.5 Å². The van der Waals surface area contributed by atoms with Crippen molar-refractivity contribution in [3.63, 3.8) is 0 Å². The molecule has 0 bridgehead atoms. The zero-order chi connectivity index (χ0) is 14.4. The van der Waals surface area contributed by atoms with Crippen LogP contribution in [0.3, 0.4) is 0 Å². The van der Waals surface area contributed by atoms with Crippen LogP contribution in [0.15, 0.2) is 12.3 Å². The molecular formula is C10H13F2N3O4. The first-order valence-electron chi connectivity index (χ1n) is 5.41. The van der Waals surface area contributed by atoms with Crippen LogP contribution in [0.4, 0.5) is 14.5 Å². The van der Waals surface area contributed by atoms with Crippen molar-refractivity contribution in [2.24, 2.45) is 0 Å². The predicted molar refractivity (Wildman–Crippen MR) is 61.3 cm³/mol. The maximum absolute atomic E-state index is 12.2. The molecule has 9 heteroatoms. The number of aliphatic hydroxyl groups is 1. The molecule has 0 saturated heterocycles. The molecule has 2 N–H and O–H groups in total. The van der Waals surface area contributed by atoms with Crippen LogP contribution in [0.2, 0.25) is 0 Å². The number of hydrogen-bond donors (Lipinski definition) is 2. The largest absolute Gasteiger partial charge is 0.395 e. The molecule has 0 atom stereocenters. The second kappa shape index (κ2) is 6.90. The van der Waals surface area contributed by atoms with Crippen LogP contribution in [-0.2, 0) is 0 Å². The molecule has 1 heterocycles. The summed E-state index contributed by atoms with van der Waals surface area (Å²) in [4.78, 5) is 25.0. The number of rotatable bonds is 8. The van der Waals surface area contributed by atoms with Gasteiger partial charge in [-0.2, -0.15) is 0 Å². The first kappa shape index (κ1) is 15.2. The fourth-order valence-corrected chi connectivity index (χ4v) is 1.51. The molecule has 7 nitrogen and oxygen atoms in total. The highest BCUT2D eigenvalue weighted by atomic mass is 19.3. The molecular weight excluding hydrogens is 264 g/mol. The van der Waals surface area contributed by atoms with Gasteiger partial charge in [-0.25, -0.2) is 8.78 Å². The van der Waals surface area contributed by atoms with Crippen LogP contribution in [0.5, 0.6) is 0 Å². The Labute approximate surface area is 107 Å². The van der Waals surface area contributed by atoms with Crippen molar-refractivity contribution in [2.75, 3.05) is 26.2 Å². The molecule has 106 valence electrons. The molecule has 0 radical (unpaired) electrons. The number of nitrogens with zero attached hydrogens (tertiary/aromatic N) is 2. The summed E-state index contributed by atoms with van der Waals surface area (Å²) in [5.74, 6) is -0.554. The normalized spacial score (nSPS) is 11.2. The van der Waals surface area contributed by atoms with Gasteiger partial charge in [0.25, 0.3) is 12.1 Å². The van der Waals surface area contributed by atoms with Crippen LogP contribution >= 0.6 is 0 Å². The van der Waals surface area contributed by atoms with Crippen molar-refractivity contribution < 1.29 is 23.6 Å². The number of nitro groups is 1. The number of carbonyl (C=O) groups is 1. The summed E-state index contributed by atoms with van der Waals surface area (Å²) in [7, 11) is 0. The highest BCUT2D eigenvalue weighted by Crippen LogP contribution is 2.13. The average Bonchev–Trinajstić information content (AvgIpc) is 2.77. The summed E-state index contributed by atoms with van der Waals surface area (Å²) < 4.78 is 24.5. The van der Waals surface area contributed by atoms with Crippen molar-refractivity contribution in [1.82, 2.24) is 9.88 Å².